The smallest absolute Gasteiger partial charge is 0.00918 e. The monoisotopic (exact) mass is 138 g/mol. The molecule has 0 aromatic rings. The Hall–Kier alpha value is -0.520. The van der Waals surface area contributed by atoms with Crippen LogP contribution in [0.2, 0.25) is 0 Å². The summed E-state index contributed by atoms with van der Waals surface area (Å²) in [4.78, 5) is 0. The van der Waals surface area contributed by atoms with E-state index in [0.717, 1.165) is 6.42 Å². The first-order valence-electron chi connectivity index (χ1n) is 3.87. The second-order valence-corrected chi connectivity index (χ2v) is 3.09. The maximum absolute atomic E-state index is 3.82. The van der Waals surface area contributed by atoms with Gasteiger partial charge in [0, 0.05) is 0 Å². The van der Waals surface area contributed by atoms with Gasteiger partial charge in [0.05, 0.1) is 0 Å². The Morgan fingerprint density at radius 2 is 2.00 bits per heavy atom. The van der Waals surface area contributed by atoms with E-state index in [1.54, 1.807) is 0 Å². The molecule has 0 saturated carbocycles. The molecule has 2 unspecified atom stereocenters. The van der Waals surface area contributed by atoms with Crippen LogP contribution >= 0.6 is 0 Å². The van der Waals surface area contributed by atoms with Crippen molar-refractivity contribution in [1.82, 2.24) is 0 Å². The lowest BCUT2D eigenvalue weighted by Gasteiger charge is -2.28. The molecule has 0 aliphatic carbocycles. The zero-order chi connectivity index (χ0) is 8.20. The molecule has 0 aromatic carbocycles. The average molecular weight is 138 g/mol. The molecule has 0 bridgehead atoms. The fourth-order valence-electron chi connectivity index (χ4n) is 0.921. The van der Waals surface area contributed by atoms with Crippen LogP contribution in [-0.2, 0) is 0 Å². The molecule has 0 aliphatic rings. The molecule has 0 aliphatic heterocycles. The molecule has 10 heavy (non-hydrogen) atoms. The minimum absolute atomic E-state index is 0.238. The Labute approximate surface area is 64.6 Å². The average Bonchev–Trinajstić information content (AvgIpc) is 2.01. The SMILES string of the molecule is C=CC(C)C(C)(C=C)CC. The predicted molar refractivity (Wildman–Crippen MR) is 48.0 cm³/mol. The summed E-state index contributed by atoms with van der Waals surface area (Å²) < 4.78 is 0. The molecule has 0 spiro atoms. The highest BCUT2D eigenvalue weighted by atomic mass is 14.3. The minimum Gasteiger partial charge on any atom is -0.103 e. The van der Waals surface area contributed by atoms with Gasteiger partial charge in [0.2, 0.25) is 0 Å². The van der Waals surface area contributed by atoms with Crippen LogP contribution in [0.5, 0.6) is 0 Å². The van der Waals surface area contributed by atoms with Crippen molar-refractivity contribution >= 4 is 0 Å². The van der Waals surface area contributed by atoms with Gasteiger partial charge in [0.15, 0.2) is 0 Å². The fraction of sp³-hybridized carbons (Fsp3) is 0.600. The van der Waals surface area contributed by atoms with Gasteiger partial charge in [-0.25, -0.2) is 0 Å². The first kappa shape index (κ1) is 9.48. The molecule has 0 radical (unpaired) electrons. The van der Waals surface area contributed by atoms with Crippen LogP contribution < -0.4 is 0 Å². The van der Waals surface area contributed by atoms with Gasteiger partial charge in [0.1, 0.15) is 0 Å². The van der Waals surface area contributed by atoms with Crippen molar-refractivity contribution in [3.8, 4) is 0 Å². The van der Waals surface area contributed by atoms with Gasteiger partial charge in [-0.05, 0) is 17.8 Å². The third-order valence-corrected chi connectivity index (χ3v) is 2.62. The number of allylic oxidation sites excluding steroid dienone is 2. The molecule has 0 amide bonds. The first-order valence-corrected chi connectivity index (χ1v) is 3.87. The predicted octanol–water partition coefficient (Wildman–Crippen LogP) is 3.41. The van der Waals surface area contributed by atoms with Crippen molar-refractivity contribution in [2.75, 3.05) is 0 Å². The molecule has 0 saturated heterocycles. The van der Waals surface area contributed by atoms with Crippen molar-refractivity contribution < 1.29 is 0 Å². The maximum Gasteiger partial charge on any atom is -0.00918 e. The van der Waals surface area contributed by atoms with Gasteiger partial charge in [-0.15, -0.1) is 13.2 Å². The number of hydrogen-bond acceptors (Lipinski definition) is 0. The molecule has 0 nitrogen and oxygen atoms in total. The standard InChI is InChI=1S/C10H18/c1-6-9(4)10(5,7-2)8-3/h6-7,9H,1-2,8H2,3-5H3. The Bertz CT molecular complexity index is 124. The highest BCUT2D eigenvalue weighted by molar-refractivity contribution is 4.99. The lowest BCUT2D eigenvalue weighted by Crippen LogP contribution is -2.19. The summed E-state index contributed by atoms with van der Waals surface area (Å²) in [7, 11) is 0. The van der Waals surface area contributed by atoms with Crippen molar-refractivity contribution in [3.63, 3.8) is 0 Å². The molecule has 0 N–H and O–H groups in total. The van der Waals surface area contributed by atoms with Crippen molar-refractivity contribution in [3.05, 3.63) is 25.3 Å². The van der Waals surface area contributed by atoms with E-state index < -0.39 is 0 Å². The van der Waals surface area contributed by atoms with Crippen LogP contribution in [0.4, 0.5) is 0 Å². The van der Waals surface area contributed by atoms with Crippen molar-refractivity contribution in [2.24, 2.45) is 11.3 Å². The topological polar surface area (TPSA) is 0 Å². The fourth-order valence-corrected chi connectivity index (χ4v) is 0.921. The van der Waals surface area contributed by atoms with Gasteiger partial charge >= 0.3 is 0 Å². The van der Waals surface area contributed by atoms with Crippen LogP contribution in [0.1, 0.15) is 27.2 Å². The third-order valence-electron chi connectivity index (χ3n) is 2.62. The Morgan fingerprint density at radius 1 is 1.50 bits per heavy atom. The minimum atomic E-state index is 0.238. The van der Waals surface area contributed by atoms with Crippen LogP contribution in [0.15, 0.2) is 25.3 Å². The highest BCUT2D eigenvalue weighted by Crippen LogP contribution is 2.32. The highest BCUT2D eigenvalue weighted by Gasteiger charge is 2.22. The van der Waals surface area contributed by atoms with E-state index in [4.69, 9.17) is 0 Å². The molecule has 2 atom stereocenters. The van der Waals surface area contributed by atoms with Gasteiger partial charge in [-0.1, -0.05) is 32.9 Å². The summed E-state index contributed by atoms with van der Waals surface area (Å²) in [5, 5.41) is 0. The van der Waals surface area contributed by atoms with E-state index in [2.05, 4.69) is 33.9 Å². The molecule has 0 heteroatoms. The molecule has 0 aromatic heterocycles. The normalized spacial score (nSPS) is 19.1. The molecular formula is C10H18. The summed E-state index contributed by atoms with van der Waals surface area (Å²) in [5.74, 6) is 0.523. The molecular weight excluding hydrogens is 120 g/mol. The maximum atomic E-state index is 3.82. The summed E-state index contributed by atoms with van der Waals surface area (Å²) in [6, 6.07) is 0. The number of hydrogen-bond donors (Lipinski definition) is 0. The van der Waals surface area contributed by atoms with E-state index in [0.29, 0.717) is 5.92 Å². The van der Waals surface area contributed by atoms with Crippen LogP contribution in [0, 0.1) is 11.3 Å². The Balaban J connectivity index is 4.30. The van der Waals surface area contributed by atoms with Gasteiger partial charge < -0.3 is 0 Å². The lowest BCUT2D eigenvalue weighted by molar-refractivity contribution is 0.318. The van der Waals surface area contributed by atoms with E-state index in [-0.39, 0.29) is 5.41 Å². The quantitative estimate of drug-likeness (QED) is 0.522. The van der Waals surface area contributed by atoms with Crippen LogP contribution in [0.3, 0.4) is 0 Å². The zero-order valence-corrected chi connectivity index (χ0v) is 7.35. The second-order valence-electron chi connectivity index (χ2n) is 3.09. The van der Waals surface area contributed by atoms with Crippen molar-refractivity contribution in [1.29, 1.82) is 0 Å². The zero-order valence-electron chi connectivity index (χ0n) is 7.35. The summed E-state index contributed by atoms with van der Waals surface area (Å²) in [6.07, 6.45) is 5.15. The van der Waals surface area contributed by atoms with E-state index in [1.165, 1.54) is 0 Å². The summed E-state index contributed by atoms with van der Waals surface area (Å²) in [6.45, 7) is 14.2. The number of rotatable bonds is 4. The largest absolute Gasteiger partial charge is 0.103 e. The van der Waals surface area contributed by atoms with E-state index in [9.17, 15) is 0 Å². The van der Waals surface area contributed by atoms with Gasteiger partial charge in [0.25, 0.3) is 0 Å². The molecule has 0 fully saturated rings. The van der Waals surface area contributed by atoms with E-state index >= 15 is 0 Å². The summed E-state index contributed by atoms with van der Waals surface area (Å²) in [5.41, 5.74) is 0.238. The lowest BCUT2D eigenvalue weighted by atomic mass is 9.76. The second kappa shape index (κ2) is 3.60. The Kier molecular flexibility index (Phi) is 3.41. The van der Waals surface area contributed by atoms with Crippen LogP contribution in [0.25, 0.3) is 0 Å². The molecule has 58 valence electrons. The third kappa shape index (κ3) is 1.73. The van der Waals surface area contributed by atoms with Gasteiger partial charge in [-0.3, -0.25) is 0 Å². The first-order chi connectivity index (χ1) is 4.60. The Morgan fingerprint density at radius 3 is 2.10 bits per heavy atom. The van der Waals surface area contributed by atoms with Gasteiger partial charge in [-0.2, -0.15) is 0 Å². The van der Waals surface area contributed by atoms with E-state index in [1.807, 2.05) is 12.2 Å². The summed E-state index contributed by atoms with van der Waals surface area (Å²) >= 11 is 0. The molecule has 0 heterocycles. The molecule has 0 rings (SSSR count). The van der Waals surface area contributed by atoms with Crippen molar-refractivity contribution in [2.45, 2.75) is 27.2 Å². The van der Waals surface area contributed by atoms with Crippen LogP contribution in [-0.4, -0.2) is 0 Å².